The Balaban J connectivity index is 0. The number of unbranched alkanes of at least 4 members (excludes halogenated alkanes) is 28. The van der Waals surface area contributed by atoms with Crippen molar-refractivity contribution >= 4 is 0 Å². The van der Waals surface area contributed by atoms with E-state index in [1.807, 2.05) is 0 Å². The standard InChI is InChI=1S/C34H70O.C2H4/c1-3-5-7-9-11-13-15-17-19-20-22-24-26-28-30-32-34-35-33-31-29-27-25-23-21-18-16-14-12-10-8-6-4-2;1-2/h3-34H2,1-2H3;1-2H2. The smallest absolute Gasteiger partial charge is 0.0466 e. The van der Waals surface area contributed by atoms with E-state index in [0.29, 0.717) is 0 Å². The molecule has 0 aliphatic carbocycles. The topological polar surface area (TPSA) is 9.23 Å². The van der Waals surface area contributed by atoms with Crippen molar-refractivity contribution in [1.29, 1.82) is 0 Å². The summed E-state index contributed by atoms with van der Waals surface area (Å²) in [4.78, 5) is 0. The molecule has 0 radical (unpaired) electrons. The van der Waals surface area contributed by atoms with Gasteiger partial charge in [0, 0.05) is 13.2 Å². The SMILES string of the molecule is C=C.CCCCCCCCCCCCCCCCCCOCCCCCCCCCCCCCCCC. The van der Waals surface area contributed by atoms with Crippen LogP contribution in [0.1, 0.15) is 206 Å². The highest BCUT2D eigenvalue weighted by atomic mass is 16.5. The monoisotopic (exact) mass is 523 g/mol. The molecule has 0 saturated carbocycles. The van der Waals surface area contributed by atoms with Gasteiger partial charge in [0.2, 0.25) is 0 Å². The molecule has 0 aromatic rings. The third-order valence-corrected chi connectivity index (χ3v) is 7.78. The Bertz CT molecular complexity index is 321. The summed E-state index contributed by atoms with van der Waals surface area (Å²) in [6.45, 7) is 12.6. The normalized spacial score (nSPS) is 11.0. The van der Waals surface area contributed by atoms with Crippen molar-refractivity contribution in [2.24, 2.45) is 0 Å². The maximum atomic E-state index is 5.86. The second-order valence-corrected chi connectivity index (χ2v) is 11.5. The van der Waals surface area contributed by atoms with Crippen LogP contribution in [0.2, 0.25) is 0 Å². The van der Waals surface area contributed by atoms with Crippen molar-refractivity contribution in [2.45, 2.75) is 206 Å². The van der Waals surface area contributed by atoms with Crippen LogP contribution in [0.3, 0.4) is 0 Å². The molecule has 1 nitrogen and oxygen atoms in total. The van der Waals surface area contributed by atoms with Crippen molar-refractivity contribution in [2.75, 3.05) is 13.2 Å². The van der Waals surface area contributed by atoms with Gasteiger partial charge in [0.25, 0.3) is 0 Å². The van der Waals surface area contributed by atoms with Crippen LogP contribution in [0.4, 0.5) is 0 Å². The molecular weight excluding hydrogens is 448 g/mol. The molecule has 0 atom stereocenters. The highest BCUT2D eigenvalue weighted by Crippen LogP contribution is 2.15. The average Bonchev–Trinajstić information content (AvgIpc) is 2.93. The highest BCUT2D eigenvalue weighted by molar-refractivity contribution is 4.51. The molecule has 224 valence electrons. The predicted octanol–water partition coefficient (Wildman–Crippen LogP) is 13.5. The van der Waals surface area contributed by atoms with Crippen LogP contribution in [-0.2, 0) is 4.74 Å². The zero-order valence-electron chi connectivity index (χ0n) is 26.4. The molecule has 0 bridgehead atoms. The zero-order chi connectivity index (χ0) is 27.3. The summed E-state index contributed by atoms with van der Waals surface area (Å²) < 4.78 is 5.86. The Morgan fingerprint density at radius 2 is 0.432 bits per heavy atom. The summed E-state index contributed by atoms with van der Waals surface area (Å²) in [6.07, 6.45) is 43.0. The fourth-order valence-electron chi connectivity index (χ4n) is 5.25. The first kappa shape index (κ1) is 38.8. The summed E-state index contributed by atoms with van der Waals surface area (Å²) in [5.41, 5.74) is 0. The first-order valence-electron chi connectivity index (χ1n) is 17.5. The lowest BCUT2D eigenvalue weighted by molar-refractivity contribution is 0.125. The Morgan fingerprint density at radius 1 is 0.270 bits per heavy atom. The lowest BCUT2D eigenvalue weighted by Crippen LogP contribution is -1.97. The molecule has 0 fully saturated rings. The predicted molar refractivity (Wildman–Crippen MR) is 172 cm³/mol. The third-order valence-electron chi connectivity index (χ3n) is 7.78. The Kier molecular flexibility index (Phi) is 42.2. The lowest BCUT2D eigenvalue weighted by atomic mass is 10.0. The van der Waals surface area contributed by atoms with E-state index in [1.54, 1.807) is 0 Å². The minimum Gasteiger partial charge on any atom is -0.381 e. The molecule has 0 aromatic heterocycles. The molecule has 0 amide bonds. The van der Waals surface area contributed by atoms with Gasteiger partial charge in [-0.25, -0.2) is 0 Å². The van der Waals surface area contributed by atoms with E-state index in [-0.39, 0.29) is 0 Å². The molecule has 0 unspecified atom stereocenters. The van der Waals surface area contributed by atoms with E-state index in [2.05, 4.69) is 27.0 Å². The molecule has 0 rings (SSSR count). The zero-order valence-corrected chi connectivity index (χ0v) is 26.4. The first-order valence-corrected chi connectivity index (χ1v) is 17.5. The Labute approximate surface area is 237 Å². The van der Waals surface area contributed by atoms with Crippen molar-refractivity contribution in [3.8, 4) is 0 Å². The van der Waals surface area contributed by atoms with Gasteiger partial charge >= 0.3 is 0 Å². The van der Waals surface area contributed by atoms with Crippen LogP contribution in [-0.4, -0.2) is 13.2 Å². The van der Waals surface area contributed by atoms with E-state index in [1.165, 1.54) is 193 Å². The lowest BCUT2D eigenvalue weighted by Gasteiger charge is -2.05. The van der Waals surface area contributed by atoms with Gasteiger partial charge in [-0.05, 0) is 12.8 Å². The van der Waals surface area contributed by atoms with Crippen molar-refractivity contribution in [3.05, 3.63) is 13.2 Å². The number of ether oxygens (including phenoxy) is 1. The quantitative estimate of drug-likeness (QED) is 0.0630. The van der Waals surface area contributed by atoms with Crippen LogP contribution in [0.15, 0.2) is 13.2 Å². The molecule has 37 heavy (non-hydrogen) atoms. The molecule has 0 saturated heterocycles. The number of hydrogen-bond acceptors (Lipinski definition) is 1. The fraction of sp³-hybridized carbons (Fsp3) is 0.944. The van der Waals surface area contributed by atoms with Crippen molar-refractivity contribution in [1.82, 2.24) is 0 Å². The summed E-state index contributed by atoms with van der Waals surface area (Å²) in [7, 11) is 0. The maximum absolute atomic E-state index is 5.86. The number of hydrogen-bond donors (Lipinski definition) is 0. The van der Waals surface area contributed by atoms with Crippen LogP contribution in [0.5, 0.6) is 0 Å². The average molecular weight is 523 g/mol. The summed E-state index contributed by atoms with van der Waals surface area (Å²) in [5, 5.41) is 0. The van der Waals surface area contributed by atoms with Gasteiger partial charge in [-0.15, -0.1) is 13.2 Å². The van der Waals surface area contributed by atoms with Gasteiger partial charge in [0.15, 0.2) is 0 Å². The van der Waals surface area contributed by atoms with Crippen molar-refractivity contribution < 1.29 is 4.74 Å². The van der Waals surface area contributed by atoms with Gasteiger partial charge in [-0.1, -0.05) is 194 Å². The van der Waals surface area contributed by atoms with Gasteiger partial charge in [0.05, 0.1) is 0 Å². The van der Waals surface area contributed by atoms with Crippen LogP contribution in [0, 0.1) is 0 Å². The van der Waals surface area contributed by atoms with Gasteiger partial charge in [0.1, 0.15) is 0 Å². The van der Waals surface area contributed by atoms with E-state index >= 15 is 0 Å². The summed E-state index contributed by atoms with van der Waals surface area (Å²) in [6, 6.07) is 0. The fourth-order valence-corrected chi connectivity index (χ4v) is 5.25. The van der Waals surface area contributed by atoms with Gasteiger partial charge in [-0.2, -0.15) is 0 Å². The second kappa shape index (κ2) is 40.2. The van der Waals surface area contributed by atoms with E-state index < -0.39 is 0 Å². The minimum absolute atomic E-state index is 0.997. The van der Waals surface area contributed by atoms with E-state index in [0.717, 1.165) is 13.2 Å². The first-order chi connectivity index (χ1) is 18.4. The summed E-state index contributed by atoms with van der Waals surface area (Å²) >= 11 is 0. The molecule has 0 N–H and O–H groups in total. The minimum atomic E-state index is 0.997. The molecule has 0 heterocycles. The molecular formula is C36H74O. The largest absolute Gasteiger partial charge is 0.381 e. The van der Waals surface area contributed by atoms with E-state index in [9.17, 15) is 0 Å². The van der Waals surface area contributed by atoms with Crippen LogP contribution < -0.4 is 0 Å². The molecule has 1 heteroatoms. The molecule has 0 aliphatic rings. The molecule has 0 spiro atoms. The van der Waals surface area contributed by atoms with Gasteiger partial charge in [-0.3, -0.25) is 0 Å². The summed E-state index contributed by atoms with van der Waals surface area (Å²) in [5.74, 6) is 0. The molecule has 0 aromatic carbocycles. The van der Waals surface area contributed by atoms with Crippen molar-refractivity contribution in [3.63, 3.8) is 0 Å². The highest BCUT2D eigenvalue weighted by Gasteiger charge is 1.97. The third kappa shape index (κ3) is 40.3. The van der Waals surface area contributed by atoms with E-state index in [4.69, 9.17) is 4.74 Å². The Morgan fingerprint density at radius 3 is 0.622 bits per heavy atom. The maximum Gasteiger partial charge on any atom is 0.0466 e. The number of rotatable bonds is 32. The second-order valence-electron chi connectivity index (χ2n) is 11.5. The molecule has 0 aliphatic heterocycles. The Hall–Kier alpha value is -0.300. The van der Waals surface area contributed by atoms with Gasteiger partial charge < -0.3 is 4.74 Å². The van der Waals surface area contributed by atoms with Crippen LogP contribution >= 0.6 is 0 Å². The van der Waals surface area contributed by atoms with Crippen LogP contribution in [0.25, 0.3) is 0 Å².